The third kappa shape index (κ3) is 1.51. The van der Waals surface area contributed by atoms with Crippen molar-refractivity contribution in [2.75, 3.05) is 5.32 Å². The van der Waals surface area contributed by atoms with Gasteiger partial charge in [0.05, 0.1) is 30.0 Å². The molecular formula is C11H12N4O. The molecule has 16 heavy (non-hydrogen) atoms. The van der Waals surface area contributed by atoms with Crippen LogP contribution in [0.4, 0.5) is 5.82 Å². The average molecular weight is 216 g/mol. The Kier molecular flexibility index (Phi) is 2.22. The van der Waals surface area contributed by atoms with Crippen molar-refractivity contribution in [1.29, 1.82) is 5.26 Å². The van der Waals surface area contributed by atoms with Gasteiger partial charge in [0.2, 0.25) is 0 Å². The Hall–Kier alpha value is -1.67. The maximum atomic E-state index is 8.94. The molecule has 2 bridgehead atoms. The van der Waals surface area contributed by atoms with Gasteiger partial charge >= 0.3 is 0 Å². The first-order valence-electron chi connectivity index (χ1n) is 5.50. The number of ether oxygens (including phenoxy) is 1. The maximum Gasteiger partial charge on any atom is 0.166 e. The molecule has 2 saturated heterocycles. The number of fused-ring (bicyclic) bond motifs is 2. The van der Waals surface area contributed by atoms with Gasteiger partial charge in [-0.25, -0.2) is 0 Å². The van der Waals surface area contributed by atoms with Crippen LogP contribution in [0.3, 0.4) is 0 Å². The van der Waals surface area contributed by atoms with E-state index in [0.717, 1.165) is 19.3 Å². The normalized spacial score (nSPS) is 31.3. The minimum atomic E-state index is 0.276. The molecule has 1 aromatic rings. The van der Waals surface area contributed by atoms with Gasteiger partial charge in [0.15, 0.2) is 5.82 Å². The lowest BCUT2D eigenvalue weighted by molar-refractivity contribution is 0.102. The minimum Gasteiger partial charge on any atom is -0.373 e. The fraction of sp³-hybridized carbons (Fsp3) is 0.545. The summed E-state index contributed by atoms with van der Waals surface area (Å²) in [5, 5.41) is 20.0. The second kappa shape index (κ2) is 3.72. The Balaban J connectivity index is 1.77. The summed E-state index contributed by atoms with van der Waals surface area (Å²) in [4.78, 5) is 0. The zero-order valence-corrected chi connectivity index (χ0v) is 8.76. The van der Waals surface area contributed by atoms with E-state index in [0.29, 0.717) is 17.5 Å². The zero-order valence-electron chi connectivity index (χ0n) is 8.76. The van der Waals surface area contributed by atoms with Crippen molar-refractivity contribution in [3.05, 3.63) is 17.8 Å². The second-order valence-corrected chi connectivity index (χ2v) is 4.27. The van der Waals surface area contributed by atoms with Crippen LogP contribution >= 0.6 is 0 Å². The molecule has 0 aliphatic carbocycles. The number of hydrogen-bond donors (Lipinski definition) is 1. The van der Waals surface area contributed by atoms with Crippen molar-refractivity contribution in [3.63, 3.8) is 0 Å². The molecule has 3 heterocycles. The number of aromatic nitrogens is 2. The van der Waals surface area contributed by atoms with Gasteiger partial charge in [0, 0.05) is 0 Å². The molecule has 5 nitrogen and oxygen atoms in total. The summed E-state index contributed by atoms with van der Waals surface area (Å²) in [5.41, 5.74) is 0.540. The molecule has 3 atom stereocenters. The number of nitriles is 1. The highest BCUT2D eigenvalue weighted by atomic mass is 16.5. The molecule has 2 fully saturated rings. The fourth-order valence-electron chi connectivity index (χ4n) is 2.49. The monoisotopic (exact) mass is 216 g/mol. The SMILES string of the molecule is N#Cc1ccnnc1NC1CC2CCC1O2. The summed E-state index contributed by atoms with van der Waals surface area (Å²) in [5.74, 6) is 0.575. The van der Waals surface area contributed by atoms with Crippen LogP contribution in [0.2, 0.25) is 0 Å². The van der Waals surface area contributed by atoms with Crippen molar-refractivity contribution in [1.82, 2.24) is 10.2 Å². The Bertz CT molecular complexity index is 442. The van der Waals surface area contributed by atoms with E-state index in [4.69, 9.17) is 10.00 Å². The highest BCUT2D eigenvalue weighted by molar-refractivity contribution is 5.51. The van der Waals surface area contributed by atoms with E-state index in [2.05, 4.69) is 21.6 Å². The summed E-state index contributed by atoms with van der Waals surface area (Å²) in [6.45, 7) is 0. The van der Waals surface area contributed by atoms with Crippen molar-refractivity contribution in [2.24, 2.45) is 0 Å². The predicted molar refractivity (Wildman–Crippen MR) is 56.7 cm³/mol. The number of rotatable bonds is 2. The van der Waals surface area contributed by atoms with Crippen LogP contribution in [0.1, 0.15) is 24.8 Å². The lowest BCUT2D eigenvalue weighted by Gasteiger charge is -2.20. The van der Waals surface area contributed by atoms with Crippen molar-refractivity contribution in [2.45, 2.75) is 37.5 Å². The maximum absolute atomic E-state index is 8.94. The largest absolute Gasteiger partial charge is 0.373 e. The van der Waals surface area contributed by atoms with Gasteiger partial charge in [-0.15, -0.1) is 5.10 Å². The van der Waals surface area contributed by atoms with Crippen LogP contribution in [-0.2, 0) is 4.74 Å². The smallest absolute Gasteiger partial charge is 0.166 e. The van der Waals surface area contributed by atoms with Crippen LogP contribution in [0.25, 0.3) is 0 Å². The predicted octanol–water partition coefficient (Wildman–Crippen LogP) is 1.08. The van der Waals surface area contributed by atoms with Crippen LogP contribution in [0.15, 0.2) is 12.3 Å². The highest BCUT2D eigenvalue weighted by Gasteiger charge is 2.41. The molecule has 2 aliphatic rings. The molecule has 1 aromatic heterocycles. The summed E-state index contributed by atoms with van der Waals surface area (Å²) < 4.78 is 5.74. The Morgan fingerprint density at radius 3 is 3.12 bits per heavy atom. The Morgan fingerprint density at radius 1 is 1.50 bits per heavy atom. The molecular weight excluding hydrogens is 204 g/mol. The highest BCUT2D eigenvalue weighted by Crippen LogP contribution is 2.35. The molecule has 5 heteroatoms. The van der Waals surface area contributed by atoms with Crippen molar-refractivity contribution < 1.29 is 4.74 Å². The second-order valence-electron chi connectivity index (χ2n) is 4.27. The third-order valence-corrected chi connectivity index (χ3v) is 3.27. The summed E-state index contributed by atoms with van der Waals surface area (Å²) in [6.07, 6.45) is 5.47. The minimum absolute atomic E-state index is 0.276. The van der Waals surface area contributed by atoms with E-state index < -0.39 is 0 Å². The lowest BCUT2D eigenvalue weighted by atomic mass is 9.95. The molecule has 1 N–H and O–H groups in total. The Labute approximate surface area is 93.4 Å². The van der Waals surface area contributed by atoms with Crippen molar-refractivity contribution >= 4 is 5.82 Å². The first kappa shape index (κ1) is 9.55. The third-order valence-electron chi connectivity index (χ3n) is 3.27. The van der Waals surface area contributed by atoms with Gasteiger partial charge in [-0.2, -0.15) is 10.4 Å². The van der Waals surface area contributed by atoms with Gasteiger partial charge in [-0.3, -0.25) is 0 Å². The average Bonchev–Trinajstić information content (AvgIpc) is 2.92. The van der Waals surface area contributed by atoms with Crippen LogP contribution in [0.5, 0.6) is 0 Å². The Morgan fingerprint density at radius 2 is 2.44 bits per heavy atom. The first-order chi connectivity index (χ1) is 7.86. The lowest BCUT2D eigenvalue weighted by Crippen LogP contribution is -2.31. The number of nitrogens with zero attached hydrogens (tertiary/aromatic N) is 3. The van der Waals surface area contributed by atoms with Gasteiger partial charge in [-0.05, 0) is 25.3 Å². The summed E-state index contributed by atoms with van der Waals surface area (Å²) in [7, 11) is 0. The van der Waals surface area contributed by atoms with E-state index in [9.17, 15) is 0 Å². The van der Waals surface area contributed by atoms with E-state index in [-0.39, 0.29) is 12.1 Å². The number of anilines is 1. The van der Waals surface area contributed by atoms with E-state index in [1.54, 1.807) is 6.07 Å². The molecule has 0 amide bonds. The van der Waals surface area contributed by atoms with Gasteiger partial charge in [-0.1, -0.05) is 0 Å². The summed E-state index contributed by atoms with van der Waals surface area (Å²) >= 11 is 0. The van der Waals surface area contributed by atoms with Crippen LogP contribution in [-0.4, -0.2) is 28.4 Å². The fourth-order valence-corrected chi connectivity index (χ4v) is 2.49. The van der Waals surface area contributed by atoms with Crippen LogP contribution < -0.4 is 5.32 Å². The molecule has 2 aliphatic heterocycles. The van der Waals surface area contributed by atoms with E-state index in [1.165, 1.54) is 6.20 Å². The van der Waals surface area contributed by atoms with Crippen molar-refractivity contribution in [3.8, 4) is 6.07 Å². The molecule has 82 valence electrons. The molecule has 3 unspecified atom stereocenters. The summed E-state index contributed by atoms with van der Waals surface area (Å²) in [6, 6.07) is 4.06. The molecule has 3 rings (SSSR count). The molecule has 0 saturated carbocycles. The standard InChI is InChI=1S/C11H12N4O/c12-6-7-3-4-13-15-11(7)14-9-5-8-1-2-10(9)16-8/h3-4,8-10H,1-2,5H2,(H,14,15). The van der Waals surface area contributed by atoms with Gasteiger partial charge in [0.25, 0.3) is 0 Å². The quantitative estimate of drug-likeness (QED) is 0.801. The topological polar surface area (TPSA) is 70.8 Å². The number of nitrogens with one attached hydrogen (secondary N) is 1. The molecule has 0 aromatic carbocycles. The van der Waals surface area contributed by atoms with E-state index >= 15 is 0 Å². The zero-order chi connectivity index (χ0) is 11.0. The molecule has 0 spiro atoms. The number of hydrogen-bond acceptors (Lipinski definition) is 5. The first-order valence-corrected chi connectivity index (χ1v) is 5.50. The molecule has 0 radical (unpaired) electrons. The van der Waals surface area contributed by atoms with Crippen LogP contribution in [0, 0.1) is 11.3 Å². The van der Waals surface area contributed by atoms with E-state index in [1.807, 2.05) is 0 Å². The van der Waals surface area contributed by atoms with Gasteiger partial charge < -0.3 is 10.1 Å². The van der Waals surface area contributed by atoms with Gasteiger partial charge in [0.1, 0.15) is 6.07 Å².